The molecule has 2 aliphatic rings. The standard InChI is InChI=1S/C16H16ClNO2/c1-9-3-6-12-13(7-9)16(20)18(15(12)19)11-5-4-10(2)14(17)8-11/h3-5,8,12-13H,6-7H2,1-2H3. The number of benzene rings is 1. The highest BCUT2D eigenvalue weighted by Crippen LogP contribution is 2.40. The van der Waals surface area contributed by atoms with Crippen molar-refractivity contribution in [2.75, 3.05) is 4.90 Å². The van der Waals surface area contributed by atoms with E-state index < -0.39 is 0 Å². The van der Waals surface area contributed by atoms with Crippen LogP contribution in [0.2, 0.25) is 5.02 Å². The Bertz CT molecular complexity index is 635. The zero-order chi connectivity index (χ0) is 14.4. The first-order valence-electron chi connectivity index (χ1n) is 6.78. The molecule has 0 N–H and O–H groups in total. The van der Waals surface area contributed by atoms with Crippen molar-refractivity contribution in [3.63, 3.8) is 0 Å². The fraction of sp³-hybridized carbons (Fsp3) is 0.375. The summed E-state index contributed by atoms with van der Waals surface area (Å²) in [5.74, 6) is -0.588. The first-order valence-corrected chi connectivity index (χ1v) is 7.16. The van der Waals surface area contributed by atoms with Crippen molar-refractivity contribution in [2.45, 2.75) is 26.7 Å². The Morgan fingerprint density at radius 3 is 2.55 bits per heavy atom. The van der Waals surface area contributed by atoms with Gasteiger partial charge in [0.2, 0.25) is 11.8 Å². The quantitative estimate of drug-likeness (QED) is 0.586. The van der Waals surface area contributed by atoms with E-state index in [0.29, 0.717) is 23.6 Å². The predicted octanol–water partition coefficient (Wildman–Crippen LogP) is 3.49. The van der Waals surface area contributed by atoms with Crippen molar-refractivity contribution in [1.29, 1.82) is 0 Å². The van der Waals surface area contributed by atoms with Gasteiger partial charge in [-0.1, -0.05) is 29.3 Å². The minimum absolute atomic E-state index is 0.0904. The number of anilines is 1. The molecule has 1 aliphatic heterocycles. The van der Waals surface area contributed by atoms with E-state index in [0.717, 1.165) is 5.56 Å². The first kappa shape index (κ1) is 13.4. The van der Waals surface area contributed by atoms with Crippen molar-refractivity contribution in [3.8, 4) is 0 Å². The summed E-state index contributed by atoms with van der Waals surface area (Å²) in [4.78, 5) is 26.3. The van der Waals surface area contributed by atoms with Gasteiger partial charge in [-0.2, -0.15) is 0 Å². The second kappa shape index (κ2) is 4.74. The second-order valence-electron chi connectivity index (χ2n) is 5.65. The van der Waals surface area contributed by atoms with Crippen molar-refractivity contribution >= 4 is 29.1 Å². The third-order valence-electron chi connectivity index (χ3n) is 4.24. The van der Waals surface area contributed by atoms with Crippen LogP contribution in [0.5, 0.6) is 0 Å². The Kier molecular flexibility index (Phi) is 3.17. The van der Waals surface area contributed by atoms with Crippen molar-refractivity contribution < 1.29 is 9.59 Å². The van der Waals surface area contributed by atoms with Crippen LogP contribution in [0.3, 0.4) is 0 Å². The second-order valence-corrected chi connectivity index (χ2v) is 6.06. The van der Waals surface area contributed by atoms with Gasteiger partial charge in [0.1, 0.15) is 0 Å². The molecular formula is C16H16ClNO2. The average Bonchev–Trinajstić information content (AvgIpc) is 2.65. The molecule has 4 heteroatoms. The van der Waals surface area contributed by atoms with Gasteiger partial charge >= 0.3 is 0 Å². The van der Waals surface area contributed by atoms with Crippen LogP contribution in [0.4, 0.5) is 5.69 Å². The fourth-order valence-electron chi connectivity index (χ4n) is 3.01. The third kappa shape index (κ3) is 1.97. The first-order chi connectivity index (χ1) is 9.49. The van der Waals surface area contributed by atoms with E-state index in [2.05, 4.69) is 6.08 Å². The Morgan fingerprint density at radius 2 is 1.85 bits per heavy atom. The molecule has 1 aliphatic carbocycles. The van der Waals surface area contributed by atoms with Gasteiger partial charge in [-0.05, 0) is 44.4 Å². The Labute approximate surface area is 123 Å². The lowest BCUT2D eigenvalue weighted by Crippen LogP contribution is -2.30. The summed E-state index contributed by atoms with van der Waals surface area (Å²) in [6, 6.07) is 5.32. The van der Waals surface area contributed by atoms with Gasteiger partial charge in [-0.3, -0.25) is 9.59 Å². The summed E-state index contributed by atoms with van der Waals surface area (Å²) >= 11 is 6.10. The van der Waals surface area contributed by atoms with E-state index >= 15 is 0 Å². The summed E-state index contributed by atoms with van der Waals surface area (Å²) in [6.45, 7) is 3.91. The van der Waals surface area contributed by atoms with Gasteiger partial charge in [-0.15, -0.1) is 0 Å². The molecule has 1 fully saturated rings. The smallest absolute Gasteiger partial charge is 0.238 e. The SMILES string of the molecule is CC1=CCC2C(=O)N(c3ccc(C)c(Cl)c3)C(=O)C2C1. The Balaban J connectivity index is 1.97. The molecular weight excluding hydrogens is 274 g/mol. The summed E-state index contributed by atoms with van der Waals surface area (Å²) in [6.07, 6.45) is 3.42. The number of halogens is 1. The highest BCUT2D eigenvalue weighted by molar-refractivity contribution is 6.32. The summed E-state index contributed by atoms with van der Waals surface area (Å²) < 4.78 is 0. The number of carbonyl (C=O) groups excluding carboxylic acids is 2. The number of imide groups is 1. The molecule has 1 saturated heterocycles. The van der Waals surface area contributed by atoms with E-state index in [1.807, 2.05) is 19.9 Å². The van der Waals surface area contributed by atoms with Crippen molar-refractivity contribution in [3.05, 3.63) is 40.4 Å². The van der Waals surface area contributed by atoms with E-state index in [4.69, 9.17) is 11.6 Å². The fourth-order valence-corrected chi connectivity index (χ4v) is 3.19. The number of hydrogen-bond acceptors (Lipinski definition) is 2. The summed E-state index contributed by atoms with van der Waals surface area (Å²) in [5, 5.41) is 0.576. The zero-order valence-corrected chi connectivity index (χ0v) is 12.3. The number of hydrogen-bond donors (Lipinski definition) is 0. The maximum atomic E-state index is 12.5. The number of amides is 2. The molecule has 0 aromatic heterocycles. The van der Waals surface area contributed by atoms with Gasteiger partial charge in [0.15, 0.2) is 0 Å². The third-order valence-corrected chi connectivity index (χ3v) is 4.64. The zero-order valence-electron chi connectivity index (χ0n) is 11.5. The Morgan fingerprint density at radius 1 is 1.15 bits per heavy atom. The monoisotopic (exact) mass is 289 g/mol. The van der Waals surface area contributed by atoms with Crippen molar-refractivity contribution in [1.82, 2.24) is 0 Å². The van der Waals surface area contributed by atoms with E-state index in [-0.39, 0.29) is 23.7 Å². The minimum atomic E-state index is -0.203. The lowest BCUT2D eigenvalue weighted by molar-refractivity contribution is -0.122. The van der Waals surface area contributed by atoms with Crippen LogP contribution in [-0.4, -0.2) is 11.8 Å². The van der Waals surface area contributed by atoms with Gasteiger partial charge in [0.25, 0.3) is 0 Å². The van der Waals surface area contributed by atoms with Crippen LogP contribution in [0.15, 0.2) is 29.8 Å². The van der Waals surface area contributed by atoms with Crippen molar-refractivity contribution in [2.24, 2.45) is 11.8 Å². The molecule has 20 heavy (non-hydrogen) atoms. The number of aryl methyl sites for hydroxylation is 1. The van der Waals surface area contributed by atoms with E-state index in [1.54, 1.807) is 12.1 Å². The molecule has 0 saturated carbocycles. The van der Waals surface area contributed by atoms with Crippen LogP contribution >= 0.6 is 11.6 Å². The maximum absolute atomic E-state index is 12.5. The molecule has 0 radical (unpaired) electrons. The number of carbonyl (C=O) groups is 2. The molecule has 1 aromatic rings. The number of nitrogens with zero attached hydrogens (tertiary/aromatic N) is 1. The molecule has 2 unspecified atom stereocenters. The molecule has 2 atom stereocenters. The largest absolute Gasteiger partial charge is 0.274 e. The summed E-state index contributed by atoms with van der Waals surface area (Å²) in [5.41, 5.74) is 2.71. The Hall–Kier alpha value is -1.61. The van der Waals surface area contributed by atoms with Gasteiger partial charge in [0.05, 0.1) is 17.5 Å². The molecule has 2 amide bonds. The van der Waals surface area contributed by atoms with Gasteiger partial charge in [-0.25, -0.2) is 4.90 Å². The van der Waals surface area contributed by atoms with Crippen LogP contribution in [-0.2, 0) is 9.59 Å². The topological polar surface area (TPSA) is 37.4 Å². The maximum Gasteiger partial charge on any atom is 0.238 e. The predicted molar refractivity (Wildman–Crippen MR) is 78.7 cm³/mol. The minimum Gasteiger partial charge on any atom is -0.274 e. The van der Waals surface area contributed by atoms with Gasteiger partial charge < -0.3 is 0 Å². The molecule has 1 heterocycles. The van der Waals surface area contributed by atoms with Gasteiger partial charge in [0, 0.05) is 5.02 Å². The van der Waals surface area contributed by atoms with E-state index in [9.17, 15) is 9.59 Å². The average molecular weight is 290 g/mol. The molecule has 3 rings (SSSR count). The highest BCUT2D eigenvalue weighted by Gasteiger charge is 2.48. The lowest BCUT2D eigenvalue weighted by Gasteiger charge is -2.18. The highest BCUT2D eigenvalue weighted by atomic mass is 35.5. The molecule has 1 aromatic carbocycles. The normalized spacial score (nSPS) is 25.8. The molecule has 0 spiro atoms. The lowest BCUT2D eigenvalue weighted by atomic mass is 9.82. The molecule has 0 bridgehead atoms. The van der Waals surface area contributed by atoms with Crippen LogP contribution < -0.4 is 4.90 Å². The number of allylic oxidation sites excluding steroid dienone is 2. The number of fused-ring (bicyclic) bond motifs is 1. The summed E-state index contributed by atoms with van der Waals surface area (Å²) in [7, 11) is 0. The molecule has 3 nitrogen and oxygen atoms in total. The molecule has 104 valence electrons. The van der Waals surface area contributed by atoms with Crippen LogP contribution in [0, 0.1) is 18.8 Å². The number of rotatable bonds is 1. The van der Waals surface area contributed by atoms with Crippen LogP contribution in [0.1, 0.15) is 25.3 Å². The van der Waals surface area contributed by atoms with E-state index in [1.165, 1.54) is 10.5 Å². The van der Waals surface area contributed by atoms with Crippen LogP contribution in [0.25, 0.3) is 0 Å².